The van der Waals surface area contributed by atoms with Crippen molar-refractivity contribution in [2.24, 2.45) is 0 Å². The first-order valence-electron chi connectivity index (χ1n) is 15.0. The van der Waals surface area contributed by atoms with E-state index in [1.165, 1.54) is 41.2 Å². The number of anilines is 3. The molecule has 0 radical (unpaired) electrons. The van der Waals surface area contributed by atoms with Crippen molar-refractivity contribution < 1.29 is 4.42 Å². The van der Waals surface area contributed by atoms with E-state index in [9.17, 15) is 0 Å². The zero-order valence-corrected chi connectivity index (χ0v) is 25.9. The van der Waals surface area contributed by atoms with Gasteiger partial charge in [-0.1, -0.05) is 6.07 Å². The molecule has 9 rings (SSSR count). The van der Waals surface area contributed by atoms with Crippen molar-refractivity contribution in [1.29, 1.82) is 0 Å². The Kier molecular flexibility index (Phi) is 6.15. The van der Waals surface area contributed by atoms with E-state index in [1.54, 1.807) is 0 Å². The normalized spacial score (nSPS) is 11.6. The van der Waals surface area contributed by atoms with Gasteiger partial charge in [-0.05, 0) is 0 Å². The van der Waals surface area contributed by atoms with Crippen molar-refractivity contribution in [3.63, 3.8) is 0 Å². The third-order valence-electron chi connectivity index (χ3n) is 8.46. The van der Waals surface area contributed by atoms with Crippen molar-refractivity contribution >= 4 is 72.7 Å². The Morgan fingerprint density at radius 1 is 0.511 bits per heavy atom. The van der Waals surface area contributed by atoms with Gasteiger partial charge in [0.2, 0.25) is 0 Å². The van der Waals surface area contributed by atoms with Crippen LogP contribution in [0.5, 0.6) is 0 Å². The summed E-state index contributed by atoms with van der Waals surface area (Å²) in [6.45, 7) is 0. The molecule has 0 bridgehead atoms. The van der Waals surface area contributed by atoms with Gasteiger partial charge in [0.1, 0.15) is 0 Å². The number of nitrogens with zero attached hydrogens (tertiary/aromatic N) is 2. The predicted molar refractivity (Wildman–Crippen MR) is 189 cm³/mol. The zero-order chi connectivity index (χ0) is 29.7. The van der Waals surface area contributed by atoms with Crippen LogP contribution in [0.25, 0.3) is 63.7 Å². The summed E-state index contributed by atoms with van der Waals surface area (Å²) in [7, 11) is 0. The van der Waals surface area contributed by atoms with Gasteiger partial charge < -0.3 is 0 Å². The SMILES string of the molecule is c1ccc(N(c2cccc(-c3ccc4ccccc4c3)c2)c2ccc3c(c2)[se]c2cccc(-c4nc5ccccc5o4)c23)cc1. The molecule has 9 aromatic rings. The number of para-hydroxylation sites is 3. The first-order valence-corrected chi connectivity index (χ1v) is 16.8. The van der Waals surface area contributed by atoms with Crippen LogP contribution >= 0.6 is 0 Å². The molecule has 0 amide bonds. The molecule has 0 unspecified atom stereocenters. The van der Waals surface area contributed by atoms with E-state index in [2.05, 4.69) is 138 Å². The number of fused-ring (bicyclic) bond motifs is 5. The van der Waals surface area contributed by atoms with Crippen LogP contribution in [0.15, 0.2) is 162 Å². The topological polar surface area (TPSA) is 29.3 Å². The van der Waals surface area contributed by atoms with Gasteiger partial charge in [-0.2, -0.15) is 0 Å². The van der Waals surface area contributed by atoms with E-state index in [0.717, 1.165) is 33.7 Å². The molecule has 0 aliphatic heterocycles. The van der Waals surface area contributed by atoms with Crippen LogP contribution in [0.3, 0.4) is 0 Å². The maximum absolute atomic E-state index is 6.23. The second-order valence-corrected chi connectivity index (χ2v) is 13.5. The molecule has 2 aromatic heterocycles. The molecule has 0 spiro atoms. The Bertz CT molecular complexity index is 2480. The third-order valence-corrected chi connectivity index (χ3v) is 10.8. The van der Waals surface area contributed by atoms with Gasteiger partial charge in [0.15, 0.2) is 0 Å². The van der Waals surface area contributed by atoms with Crippen molar-refractivity contribution in [2.75, 3.05) is 4.90 Å². The monoisotopic (exact) mass is 642 g/mol. The number of aromatic nitrogens is 1. The van der Waals surface area contributed by atoms with Gasteiger partial charge in [-0.15, -0.1) is 0 Å². The quantitative estimate of drug-likeness (QED) is 0.175. The minimum absolute atomic E-state index is 0.165. The van der Waals surface area contributed by atoms with Gasteiger partial charge in [-0.25, -0.2) is 0 Å². The summed E-state index contributed by atoms with van der Waals surface area (Å²) in [5.74, 6) is 0.678. The Labute approximate surface area is 266 Å². The van der Waals surface area contributed by atoms with Gasteiger partial charge in [-0.3, -0.25) is 0 Å². The van der Waals surface area contributed by atoms with E-state index in [-0.39, 0.29) is 14.5 Å². The van der Waals surface area contributed by atoms with Crippen LogP contribution in [-0.2, 0) is 0 Å². The second kappa shape index (κ2) is 10.6. The number of oxazole rings is 1. The molecule has 45 heavy (non-hydrogen) atoms. The molecule has 4 heteroatoms. The fourth-order valence-corrected chi connectivity index (χ4v) is 8.78. The molecule has 0 aliphatic rings. The van der Waals surface area contributed by atoms with Crippen LogP contribution < -0.4 is 4.90 Å². The summed E-state index contributed by atoms with van der Waals surface area (Å²) in [5, 5.41) is 5.02. The van der Waals surface area contributed by atoms with Crippen LogP contribution in [0.4, 0.5) is 17.1 Å². The molecule has 0 fully saturated rings. The van der Waals surface area contributed by atoms with E-state index in [4.69, 9.17) is 9.40 Å². The number of hydrogen-bond donors (Lipinski definition) is 0. The van der Waals surface area contributed by atoms with Crippen LogP contribution in [-0.4, -0.2) is 19.5 Å². The standard InChI is InChI=1S/C41H26N2OSe/c1-2-13-31(14-3-1)43(32-15-8-12-29(25-32)30-21-20-27-10-4-5-11-28(27)24-30)33-22-23-34-39(26-33)45-38-19-9-16-35(40(34)38)41-42-36-17-6-7-18-37(36)44-41/h1-26H. The minimum atomic E-state index is 0.165. The Balaban J connectivity index is 1.18. The van der Waals surface area contributed by atoms with E-state index in [1.807, 2.05) is 24.3 Å². The molecule has 7 aromatic carbocycles. The van der Waals surface area contributed by atoms with Gasteiger partial charge in [0.05, 0.1) is 0 Å². The Morgan fingerprint density at radius 3 is 2.18 bits per heavy atom. The van der Waals surface area contributed by atoms with Gasteiger partial charge >= 0.3 is 261 Å². The first-order chi connectivity index (χ1) is 22.3. The molecule has 0 atom stereocenters. The average molecular weight is 642 g/mol. The summed E-state index contributed by atoms with van der Waals surface area (Å²) in [4.78, 5) is 7.21. The van der Waals surface area contributed by atoms with Crippen LogP contribution in [0.2, 0.25) is 0 Å². The molecule has 0 saturated heterocycles. The summed E-state index contributed by atoms with van der Waals surface area (Å²) in [6, 6.07) is 56.2. The van der Waals surface area contributed by atoms with Crippen molar-refractivity contribution in [3.8, 4) is 22.6 Å². The number of benzene rings is 7. The van der Waals surface area contributed by atoms with E-state index >= 15 is 0 Å². The fraction of sp³-hybridized carbons (Fsp3) is 0. The summed E-state index contributed by atoms with van der Waals surface area (Å²) >= 11 is 0.165. The number of rotatable bonds is 5. The van der Waals surface area contributed by atoms with Crippen LogP contribution in [0, 0.1) is 0 Å². The summed E-state index contributed by atoms with van der Waals surface area (Å²) in [6.07, 6.45) is 0. The molecular weight excluding hydrogens is 615 g/mol. The summed E-state index contributed by atoms with van der Waals surface area (Å²) < 4.78 is 8.96. The molecule has 0 N–H and O–H groups in total. The predicted octanol–water partition coefficient (Wildman–Crippen LogP) is 11.1. The third kappa shape index (κ3) is 4.55. The Morgan fingerprint density at radius 2 is 1.27 bits per heavy atom. The Hall–Kier alpha value is -5.41. The molecule has 3 nitrogen and oxygen atoms in total. The second-order valence-electron chi connectivity index (χ2n) is 11.2. The van der Waals surface area contributed by atoms with Crippen molar-refractivity contribution in [1.82, 2.24) is 4.98 Å². The molecule has 2 heterocycles. The molecule has 0 aliphatic carbocycles. The molecule has 212 valence electrons. The molecular formula is C41H26N2OSe. The van der Waals surface area contributed by atoms with E-state index in [0.29, 0.717) is 5.89 Å². The maximum atomic E-state index is 6.23. The van der Waals surface area contributed by atoms with Crippen LogP contribution in [0.1, 0.15) is 0 Å². The van der Waals surface area contributed by atoms with Crippen molar-refractivity contribution in [3.05, 3.63) is 158 Å². The van der Waals surface area contributed by atoms with Crippen molar-refractivity contribution in [2.45, 2.75) is 0 Å². The van der Waals surface area contributed by atoms with E-state index < -0.39 is 0 Å². The molecule has 0 saturated carbocycles. The fourth-order valence-electron chi connectivity index (χ4n) is 6.34. The first kappa shape index (κ1) is 26.0. The zero-order valence-electron chi connectivity index (χ0n) is 24.2. The number of hydrogen-bond acceptors (Lipinski definition) is 3. The summed E-state index contributed by atoms with van der Waals surface area (Å²) in [5.41, 5.74) is 8.56. The van der Waals surface area contributed by atoms with Gasteiger partial charge in [0, 0.05) is 0 Å². The average Bonchev–Trinajstić information content (AvgIpc) is 3.70. The van der Waals surface area contributed by atoms with Gasteiger partial charge in [0.25, 0.3) is 0 Å².